The summed E-state index contributed by atoms with van der Waals surface area (Å²) in [4.78, 5) is 24.5. The lowest BCUT2D eigenvalue weighted by atomic mass is 10.3. The number of hydrogen-bond acceptors (Lipinski definition) is 6. The number of furan rings is 1. The van der Waals surface area contributed by atoms with Crippen molar-refractivity contribution in [1.29, 1.82) is 0 Å². The van der Waals surface area contributed by atoms with Crippen LogP contribution in [0, 0.1) is 0 Å². The number of urea groups is 1. The van der Waals surface area contributed by atoms with E-state index in [0.29, 0.717) is 24.5 Å². The second-order valence-corrected chi connectivity index (χ2v) is 6.43. The molecule has 26 heavy (non-hydrogen) atoms. The van der Waals surface area contributed by atoms with Crippen molar-refractivity contribution >= 4 is 29.0 Å². The van der Waals surface area contributed by atoms with E-state index in [1.807, 2.05) is 17.5 Å². The molecule has 3 rings (SSSR count). The first-order valence-corrected chi connectivity index (χ1v) is 8.79. The lowest BCUT2D eigenvalue weighted by molar-refractivity contribution is 0.0562. The molecule has 0 bridgehead atoms. The van der Waals surface area contributed by atoms with Gasteiger partial charge in [0, 0.05) is 17.6 Å². The molecule has 0 aliphatic rings. The second-order valence-electron chi connectivity index (χ2n) is 5.39. The van der Waals surface area contributed by atoms with Crippen LogP contribution in [0.5, 0.6) is 0 Å². The van der Waals surface area contributed by atoms with Crippen LogP contribution in [0.3, 0.4) is 0 Å². The van der Waals surface area contributed by atoms with Crippen molar-refractivity contribution in [3.63, 3.8) is 0 Å². The number of nitrogens with one attached hydrogen (secondary N) is 2. The van der Waals surface area contributed by atoms with E-state index in [-0.39, 0.29) is 11.8 Å². The molecule has 0 unspecified atom stereocenters. The summed E-state index contributed by atoms with van der Waals surface area (Å²) in [5.74, 6) is 0.164. The van der Waals surface area contributed by atoms with Crippen LogP contribution >= 0.6 is 11.3 Å². The third kappa shape index (κ3) is 4.73. The number of hydrogen-bond donors (Lipinski definition) is 2. The van der Waals surface area contributed by atoms with Gasteiger partial charge >= 0.3 is 12.0 Å². The maximum atomic E-state index is 11.9. The Morgan fingerprint density at radius 3 is 3.00 bits per heavy atom. The summed E-state index contributed by atoms with van der Waals surface area (Å²) in [7, 11) is 1.29. The van der Waals surface area contributed by atoms with Gasteiger partial charge in [0.05, 0.1) is 25.5 Å². The lowest BCUT2D eigenvalue weighted by Crippen LogP contribution is -2.30. The maximum absolute atomic E-state index is 11.9. The number of aromatic nitrogens is 2. The molecule has 0 fully saturated rings. The normalized spacial score (nSPS) is 10.5. The molecule has 0 aromatic carbocycles. The standard InChI is InChI=1S/C17H18N4O4S/c1-24-16(22)15-5-4-13(25-15)11-21-10-12(9-19-21)20-17(23)18-7-6-14-3-2-8-26-14/h2-5,8-10H,6-7,11H2,1H3,(H2,18,20,23). The van der Waals surface area contributed by atoms with Crippen LogP contribution in [0.1, 0.15) is 21.2 Å². The highest BCUT2D eigenvalue weighted by Crippen LogP contribution is 2.12. The molecule has 0 saturated carbocycles. The first-order valence-electron chi connectivity index (χ1n) is 7.91. The second kappa shape index (κ2) is 8.34. The average molecular weight is 374 g/mol. The van der Waals surface area contributed by atoms with E-state index in [2.05, 4.69) is 20.5 Å². The monoisotopic (exact) mass is 374 g/mol. The van der Waals surface area contributed by atoms with Crippen LogP contribution in [0.2, 0.25) is 0 Å². The molecule has 9 heteroatoms. The molecular weight excluding hydrogens is 356 g/mol. The third-order valence-electron chi connectivity index (χ3n) is 3.49. The summed E-state index contributed by atoms with van der Waals surface area (Å²) < 4.78 is 11.6. The Balaban J connectivity index is 1.47. The highest BCUT2D eigenvalue weighted by Gasteiger charge is 2.12. The summed E-state index contributed by atoms with van der Waals surface area (Å²) in [5.41, 5.74) is 0.568. The maximum Gasteiger partial charge on any atom is 0.373 e. The van der Waals surface area contributed by atoms with Gasteiger partial charge in [-0.15, -0.1) is 11.3 Å². The predicted molar refractivity (Wildman–Crippen MR) is 96.4 cm³/mol. The number of anilines is 1. The van der Waals surface area contributed by atoms with E-state index in [1.165, 1.54) is 12.0 Å². The number of ether oxygens (including phenoxy) is 1. The zero-order valence-corrected chi connectivity index (χ0v) is 14.9. The molecule has 2 amide bonds. The van der Waals surface area contributed by atoms with Crippen LogP contribution in [0.25, 0.3) is 0 Å². The zero-order chi connectivity index (χ0) is 18.4. The minimum Gasteiger partial charge on any atom is -0.463 e. The Labute approximate surface area is 153 Å². The fourth-order valence-corrected chi connectivity index (χ4v) is 2.99. The van der Waals surface area contributed by atoms with Gasteiger partial charge in [-0.3, -0.25) is 4.68 Å². The van der Waals surface area contributed by atoms with Gasteiger partial charge in [-0.1, -0.05) is 6.07 Å². The molecule has 0 saturated heterocycles. The van der Waals surface area contributed by atoms with Crippen molar-refractivity contribution in [2.24, 2.45) is 0 Å². The molecular formula is C17H18N4O4S. The van der Waals surface area contributed by atoms with Gasteiger partial charge in [-0.25, -0.2) is 9.59 Å². The lowest BCUT2D eigenvalue weighted by Gasteiger charge is -2.04. The van der Waals surface area contributed by atoms with E-state index < -0.39 is 5.97 Å². The zero-order valence-electron chi connectivity index (χ0n) is 14.1. The third-order valence-corrected chi connectivity index (χ3v) is 4.43. The summed E-state index contributed by atoms with van der Waals surface area (Å²) in [5, 5.41) is 11.7. The Hall–Kier alpha value is -3.07. The van der Waals surface area contributed by atoms with Crippen molar-refractivity contribution in [3.8, 4) is 0 Å². The van der Waals surface area contributed by atoms with Crippen LogP contribution in [-0.2, 0) is 17.7 Å². The molecule has 0 spiro atoms. The van der Waals surface area contributed by atoms with Crippen molar-refractivity contribution in [3.05, 3.63) is 58.4 Å². The number of thiophene rings is 1. The fraction of sp³-hybridized carbons (Fsp3) is 0.235. The van der Waals surface area contributed by atoms with Gasteiger partial charge in [0.25, 0.3) is 0 Å². The van der Waals surface area contributed by atoms with Crippen LogP contribution < -0.4 is 10.6 Å². The quantitative estimate of drug-likeness (QED) is 0.620. The highest BCUT2D eigenvalue weighted by molar-refractivity contribution is 7.09. The van der Waals surface area contributed by atoms with Crippen molar-refractivity contribution in [2.45, 2.75) is 13.0 Å². The van der Waals surface area contributed by atoms with Crippen molar-refractivity contribution < 1.29 is 18.7 Å². The average Bonchev–Trinajstić information content (AvgIpc) is 3.37. The molecule has 136 valence electrons. The Morgan fingerprint density at radius 1 is 1.35 bits per heavy atom. The summed E-state index contributed by atoms with van der Waals surface area (Å²) >= 11 is 1.66. The largest absolute Gasteiger partial charge is 0.463 e. The topological polar surface area (TPSA) is 98.4 Å². The molecule has 3 aromatic heterocycles. The number of carbonyl (C=O) groups is 2. The number of amides is 2. The predicted octanol–water partition coefficient (Wildman–Crippen LogP) is 2.74. The molecule has 3 aromatic rings. The highest BCUT2D eigenvalue weighted by atomic mass is 32.1. The molecule has 0 atom stereocenters. The first kappa shape index (κ1) is 17.7. The number of carbonyl (C=O) groups excluding carboxylic acids is 2. The van der Waals surface area contributed by atoms with Crippen LogP contribution in [0.15, 0.2) is 46.5 Å². The van der Waals surface area contributed by atoms with Crippen molar-refractivity contribution in [1.82, 2.24) is 15.1 Å². The first-order chi connectivity index (χ1) is 12.6. The van der Waals surface area contributed by atoms with Crippen molar-refractivity contribution in [2.75, 3.05) is 19.0 Å². The van der Waals surface area contributed by atoms with E-state index in [4.69, 9.17) is 4.42 Å². The molecule has 3 heterocycles. The molecule has 0 aliphatic carbocycles. The molecule has 0 radical (unpaired) electrons. The number of rotatable bonds is 7. The van der Waals surface area contributed by atoms with Crippen LogP contribution in [0.4, 0.5) is 10.5 Å². The number of nitrogens with zero attached hydrogens (tertiary/aromatic N) is 2. The number of esters is 1. The minimum absolute atomic E-state index is 0.137. The van der Waals surface area contributed by atoms with E-state index in [1.54, 1.807) is 40.5 Å². The van der Waals surface area contributed by atoms with Gasteiger partial charge in [-0.05, 0) is 30.0 Å². The molecule has 8 nitrogen and oxygen atoms in total. The SMILES string of the molecule is COC(=O)c1ccc(Cn2cc(NC(=O)NCCc3cccs3)cn2)o1. The summed E-state index contributed by atoms with van der Waals surface area (Å²) in [6.07, 6.45) is 4.02. The Kier molecular flexibility index (Phi) is 5.69. The van der Waals surface area contributed by atoms with Gasteiger partial charge in [0.1, 0.15) is 5.76 Å². The van der Waals surface area contributed by atoms with E-state index >= 15 is 0 Å². The number of methoxy groups -OCH3 is 1. The fourth-order valence-electron chi connectivity index (χ4n) is 2.28. The van der Waals surface area contributed by atoms with Crippen LogP contribution in [-0.4, -0.2) is 35.4 Å². The van der Waals surface area contributed by atoms with Gasteiger partial charge in [-0.2, -0.15) is 5.10 Å². The van der Waals surface area contributed by atoms with Gasteiger partial charge in [0.2, 0.25) is 5.76 Å². The Morgan fingerprint density at radius 2 is 2.23 bits per heavy atom. The molecule has 0 aliphatic heterocycles. The Bertz CT molecular complexity index is 869. The van der Waals surface area contributed by atoms with E-state index in [9.17, 15) is 9.59 Å². The summed E-state index contributed by atoms with van der Waals surface area (Å²) in [6, 6.07) is 6.96. The smallest absolute Gasteiger partial charge is 0.373 e. The minimum atomic E-state index is -0.529. The van der Waals surface area contributed by atoms with Gasteiger partial charge in [0.15, 0.2) is 0 Å². The van der Waals surface area contributed by atoms with Gasteiger partial charge < -0.3 is 19.8 Å². The summed E-state index contributed by atoms with van der Waals surface area (Å²) in [6.45, 7) is 0.891. The molecule has 2 N–H and O–H groups in total. The van der Waals surface area contributed by atoms with E-state index in [0.717, 1.165) is 6.42 Å².